The summed E-state index contributed by atoms with van der Waals surface area (Å²) < 4.78 is 5.42. The van der Waals surface area contributed by atoms with E-state index in [1.54, 1.807) is 17.8 Å². The normalized spacial score (nSPS) is 15.0. The third-order valence-electron chi connectivity index (χ3n) is 5.66. The molecular weight excluding hydrogens is 479 g/mol. The quantitative estimate of drug-likeness (QED) is 0.398. The SMILES string of the molecule is O=C(NCCSCc1ccccc1Cl)C1CCN(Cc2nc(-c3ccccc3Cl)no2)CC1. The van der Waals surface area contributed by atoms with Crippen molar-refractivity contribution >= 4 is 40.9 Å². The van der Waals surface area contributed by atoms with Crippen LogP contribution >= 0.6 is 35.0 Å². The van der Waals surface area contributed by atoms with Gasteiger partial charge in [0.25, 0.3) is 0 Å². The van der Waals surface area contributed by atoms with E-state index in [4.69, 9.17) is 27.7 Å². The number of benzene rings is 2. The number of nitrogens with zero attached hydrogens (tertiary/aromatic N) is 3. The van der Waals surface area contributed by atoms with Crippen molar-refractivity contribution in [2.75, 3.05) is 25.4 Å². The number of nitrogens with one attached hydrogen (secondary N) is 1. The Morgan fingerprint density at radius 2 is 1.82 bits per heavy atom. The van der Waals surface area contributed by atoms with Crippen LogP contribution in [0.1, 0.15) is 24.3 Å². The fraction of sp³-hybridized carbons (Fsp3) is 0.375. The lowest BCUT2D eigenvalue weighted by molar-refractivity contribution is -0.126. The second kappa shape index (κ2) is 11.9. The van der Waals surface area contributed by atoms with Crippen molar-refractivity contribution in [3.8, 4) is 11.4 Å². The average molecular weight is 505 g/mol. The molecule has 1 aliphatic rings. The minimum absolute atomic E-state index is 0.0520. The molecule has 174 valence electrons. The van der Waals surface area contributed by atoms with Gasteiger partial charge in [0.1, 0.15) is 0 Å². The first kappa shape index (κ1) is 24.1. The molecule has 6 nitrogen and oxygen atoms in total. The molecule has 4 rings (SSSR count). The summed E-state index contributed by atoms with van der Waals surface area (Å²) in [4.78, 5) is 19.3. The maximum atomic E-state index is 12.5. The summed E-state index contributed by atoms with van der Waals surface area (Å²) in [6.07, 6.45) is 1.65. The maximum absolute atomic E-state index is 12.5. The number of rotatable bonds is 9. The van der Waals surface area contributed by atoms with Crippen LogP contribution in [0.5, 0.6) is 0 Å². The summed E-state index contributed by atoms with van der Waals surface area (Å²) >= 11 is 14.2. The van der Waals surface area contributed by atoms with E-state index >= 15 is 0 Å². The zero-order chi connectivity index (χ0) is 23.0. The summed E-state index contributed by atoms with van der Waals surface area (Å²) in [5.41, 5.74) is 1.89. The Morgan fingerprint density at radius 1 is 1.09 bits per heavy atom. The van der Waals surface area contributed by atoms with Crippen LogP contribution in [0.3, 0.4) is 0 Å². The third kappa shape index (κ3) is 6.73. The molecule has 0 radical (unpaired) electrons. The van der Waals surface area contributed by atoms with Gasteiger partial charge >= 0.3 is 0 Å². The van der Waals surface area contributed by atoms with E-state index in [0.29, 0.717) is 29.8 Å². The van der Waals surface area contributed by atoms with Crippen molar-refractivity contribution in [1.29, 1.82) is 0 Å². The molecule has 0 aliphatic carbocycles. The number of aromatic nitrogens is 2. The summed E-state index contributed by atoms with van der Waals surface area (Å²) in [5, 5.41) is 8.53. The smallest absolute Gasteiger partial charge is 0.241 e. The first-order valence-electron chi connectivity index (χ1n) is 11.0. The van der Waals surface area contributed by atoms with Crippen LogP contribution in [0.4, 0.5) is 0 Å². The van der Waals surface area contributed by atoms with Gasteiger partial charge in [0.15, 0.2) is 0 Å². The van der Waals surface area contributed by atoms with Gasteiger partial charge in [-0.3, -0.25) is 9.69 Å². The van der Waals surface area contributed by atoms with Gasteiger partial charge in [-0.05, 0) is 49.7 Å². The van der Waals surface area contributed by atoms with Crippen LogP contribution < -0.4 is 5.32 Å². The maximum Gasteiger partial charge on any atom is 0.241 e. The standard InChI is InChI=1S/C24H26Cl2N4O2S/c25-20-7-3-1-5-18(20)16-33-14-11-27-24(31)17-9-12-30(13-10-17)15-22-28-23(29-32-22)19-6-2-4-8-21(19)26/h1-8,17H,9-16H2,(H,27,31). The number of carbonyl (C=O) groups is 1. The summed E-state index contributed by atoms with van der Waals surface area (Å²) in [6, 6.07) is 15.3. The van der Waals surface area contributed by atoms with E-state index in [9.17, 15) is 4.79 Å². The van der Waals surface area contributed by atoms with E-state index < -0.39 is 0 Å². The molecule has 0 atom stereocenters. The van der Waals surface area contributed by atoms with Gasteiger partial charge in [-0.15, -0.1) is 0 Å². The molecule has 1 N–H and O–H groups in total. The van der Waals surface area contributed by atoms with Crippen LogP contribution in [-0.4, -0.2) is 46.3 Å². The molecule has 9 heteroatoms. The van der Waals surface area contributed by atoms with Gasteiger partial charge in [0.05, 0.1) is 11.6 Å². The van der Waals surface area contributed by atoms with Crippen molar-refractivity contribution in [3.63, 3.8) is 0 Å². The average Bonchev–Trinajstić information content (AvgIpc) is 3.29. The lowest BCUT2D eigenvalue weighted by Gasteiger charge is -2.30. The van der Waals surface area contributed by atoms with E-state index in [0.717, 1.165) is 53.6 Å². The predicted octanol–water partition coefficient (Wildman–Crippen LogP) is 5.31. The predicted molar refractivity (Wildman–Crippen MR) is 133 cm³/mol. The van der Waals surface area contributed by atoms with Crippen molar-refractivity contribution < 1.29 is 9.32 Å². The van der Waals surface area contributed by atoms with E-state index in [1.807, 2.05) is 42.5 Å². The van der Waals surface area contributed by atoms with Gasteiger partial charge in [-0.2, -0.15) is 16.7 Å². The van der Waals surface area contributed by atoms with E-state index in [2.05, 4.69) is 20.4 Å². The first-order valence-corrected chi connectivity index (χ1v) is 12.9. The van der Waals surface area contributed by atoms with Crippen LogP contribution in [0.25, 0.3) is 11.4 Å². The molecular formula is C24H26Cl2N4O2S. The Labute approximate surface area is 208 Å². The number of thioether (sulfide) groups is 1. The minimum atomic E-state index is 0.0520. The molecule has 2 aromatic carbocycles. The molecule has 0 spiro atoms. The number of halogens is 2. The molecule has 1 amide bonds. The van der Waals surface area contributed by atoms with Gasteiger partial charge in [-0.1, -0.05) is 58.7 Å². The second-order valence-electron chi connectivity index (χ2n) is 7.98. The zero-order valence-electron chi connectivity index (χ0n) is 18.2. The second-order valence-corrected chi connectivity index (χ2v) is 9.90. The highest BCUT2D eigenvalue weighted by molar-refractivity contribution is 7.98. The highest BCUT2D eigenvalue weighted by atomic mass is 35.5. The topological polar surface area (TPSA) is 71.3 Å². The fourth-order valence-electron chi connectivity index (χ4n) is 3.80. The zero-order valence-corrected chi connectivity index (χ0v) is 20.5. The Morgan fingerprint density at radius 3 is 2.58 bits per heavy atom. The third-order valence-corrected chi connectivity index (χ3v) is 7.37. The number of piperidine rings is 1. The molecule has 0 saturated carbocycles. The highest BCUT2D eigenvalue weighted by Gasteiger charge is 2.26. The molecule has 1 saturated heterocycles. The van der Waals surface area contributed by atoms with E-state index in [1.165, 1.54) is 0 Å². The molecule has 33 heavy (non-hydrogen) atoms. The molecule has 0 unspecified atom stereocenters. The monoisotopic (exact) mass is 504 g/mol. The minimum Gasteiger partial charge on any atom is -0.355 e. The molecule has 0 bridgehead atoms. The molecule has 1 fully saturated rings. The Kier molecular flexibility index (Phi) is 8.67. The van der Waals surface area contributed by atoms with Gasteiger partial charge in [0.2, 0.25) is 17.6 Å². The Balaban J connectivity index is 1.15. The Bertz CT molecular complexity index is 1070. The summed E-state index contributed by atoms with van der Waals surface area (Å²) in [5.74, 6) is 2.96. The molecule has 3 aromatic rings. The lowest BCUT2D eigenvalue weighted by atomic mass is 9.96. The number of amides is 1. The number of likely N-dealkylation sites (tertiary alicyclic amines) is 1. The highest BCUT2D eigenvalue weighted by Crippen LogP contribution is 2.26. The fourth-order valence-corrected chi connectivity index (χ4v) is 5.17. The van der Waals surface area contributed by atoms with Crippen molar-refractivity contribution in [2.45, 2.75) is 25.1 Å². The van der Waals surface area contributed by atoms with Gasteiger partial charge < -0.3 is 9.84 Å². The summed E-state index contributed by atoms with van der Waals surface area (Å²) in [7, 11) is 0. The largest absolute Gasteiger partial charge is 0.355 e. The van der Waals surface area contributed by atoms with Crippen LogP contribution in [0, 0.1) is 5.92 Å². The number of hydrogen-bond acceptors (Lipinski definition) is 6. The molecule has 2 heterocycles. The van der Waals surface area contributed by atoms with Gasteiger partial charge in [0, 0.05) is 34.6 Å². The molecule has 1 aliphatic heterocycles. The number of carbonyl (C=O) groups excluding carboxylic acids is 1. The van der Waals surface area contributed by atoms with E-state index in [-0.39, 0.29) is 11.8 Å². The number of hydrogen-bond donors (Lipinski definition) is 1. The van der Waals surface area contributed by atoms with Gasteiger partial charge in [-0.25, -0.2) is 0 Å². The first-order chi connectivity index (χ1) is 16.1. The van der Waals surface area contributed by atoms with Crippen LogP contribution in [0.2, 0.25) is 10.0 Å². The van der Waals surface area contributed by atoms with Crippen molar-refractivity contribution in [1.82, 2.24) is 20.4 Å². The van der Waals surface area contributed by atoms with Crippen LogP contribution in [0.15, 0.2) is 53.1 Å². The Hall–Kier alpha value is -2.06. The summed E-state index contributed by atoms with van der Waals surface area (Å²) in [6.45, 7) is 2.89. The van der Waals surface area contributed by atoms with Crippen LogP contribution in [-0.2, 0) is 17.1 Å². The van der Waals surface area contributed by atoms with Crippen molar-refractivity contribution in [3.05, 3.63) is 70.0 Å². The van der Waals surface area contributed by atoms with Crippen molar-refractivity contribution in [2.24, 2.45) is 5.92 Å². The lowest BCUT2D eigenvalue weighted by Crippen LogP contribution is -2.40. The molecule has 1 aromatic heterocycles.